The van der Waals surface area contributed by atoms with Gasteiger partial charge in [-0.15, -0.1) is 4.40 Å². The molecule has 0 aromatic heterocycles. The quantitative estimate of drug-likeness (QED) is 0.665. The highest BCUT2D eigenvalue weighted by atomic mass is 32.2. The second-order valence-electron chi connectivity index (χ2n) is 8.29. The lowest BCUT2D eigenvalue weighted by atomic mass is 10.0. The van der Waals surface area contributed by atoms with Crippen molar-refractivity contribution >= 4 is 21.8 Å². The van der Waals surface area contributed by atoms with Gasteiger partial charge in [-0.2, -0.15) is 0 Å². The normalized spacial score (nSPS) is 19.4. The van der Waals surface area contributed by atoms with Crippen molar-refractivity contribution < 1.29 is 22.7 Å². The minimum atomic E-state index is -3.61. The van der Waals surface area contributed by atoms with E-state index in [-0.39, 0.29) is 23.5 Å². The van der Waals surface area contributed by atoms with Crippen molar-refractivity contribution in [1.29, 1.82) is 0 Å². The van der Waals surface area contributed by atoms with Crippen molar-refractivity contribution in [3.8, 4) is 11.5 Å². The van der Waals surface area contributed by atoms with E-state index in [1.165, 1.54) is 0 Å². The van der Waals surface area contributed by atoms with Gasteiger partial charge < -0.3 is 20.1 Å². The summed E-state index contributed by atoms with van der Waals surface area (Å²) in [5, 5.41) is 0. The summed E-state index contributed by atoms with van der Waals surface area (Å²) in [6.45, 7) is 3.54. The van der Waals surface area contributed by atoms with E-state index in [2.05, 4.69) is 4.40 Å². The first kappa shape index (κ1) is 23.1. The van der Waals surface area contributed by atoms with Crippen LogP contribution in [0.25, 0.3) is 0 Å². The zero-order valence-corrected chi connectivity index (χ0v) is 19.5. The summed E-state index contributed by atoms with van der Waals surface area (Å²) in [6, 6.07) is 12.8. The van der Waals surface area contributed by atoms with Gasteiger partial charge in [0, 0.05) is 6.54 Å². The van der Waals surface area contributed by atoms with Crippen molar-refractivity contribution in [2.45, 2.75) is 44.4 Å². The molecule has 176 valence electrons. The van der Waals surface area contributed by atoms with Crippen LogP contribution in [0.2, 0.25) is 0 Å². The molecule has 8 nitrogen and oxygen atoms in total. The highest BCUT2D eigenvalue weighted by molar-refractivity contribution is 7.89. The molecule has 0 spiro atoms. The molecule has 1 atom stereocenters. The number of nitrogens with zero attached hydrogens (tertiary/aromatic N) is 2. The Labute approximate surface area is 194 Å². The van der Waals surface area contributed by atoms with E-state index in [9.17, 15) is 13.2 Å². The number of rotatable bonds is 7. The Hall–Kier alpha value is -3.07. The van der Waals surface area contributed by atoms with Gasteiger partial charge in [-0.25, -0.2) is 8.42 Å². The van der Waals surface area contributed by atoms with Crippen LogP contribution < -0.4 is 15.2 Å². The van der Waals surface area contributed by atoms with Crippen LogP contribution in [-0.2, 0) is 27.0 Å². The zero-order valence-electron chi connectivity index (χ0n) is 18.7. The molecule has 1 amide bonds. The number of fused-ring (bicyclic) bond motifs is 1. The minimum Gasteiger partial charge on any atom is -0.494 e. The van der Waals surface area contributed by atoms with Crippen LogP contribution in [0.1, 0.15) is 42.9 Å². The number of sulfonamides is 1. The van der Waals surface area contributed by atoms with Crippen LogP contribution in [-0.4, -0.2) is 50.9 Å². The van der Waals surface area contributed by atoms with Crippen LogP contribution in [0.4, 0.5) is 0 Å². The number of likely N-dealkylation sites (tertiary alicyclic amines) is 1. The maximum atomic E-state index is 13.1. The van der Waals surface area contributed by atoms with Gasteiger partial charge in [0.25, 0.3) is 10.0 Å². The molecule has 2 aromatic carbocycles. The molecule has 0 aliphatic carbocycles. The number of carbonyl (C=O) groups is 1. The van der Waals surface area contributed by atoms with Crippen molar-refractivity contribution in [2.75, 3.05) is 19.8 Å². The molecule has 9 heteroatoms. The molecule has 2 heterocycles. The van der Waals surface area contributed by atoms with E-state index in [0.717, 1.165) is 30.6 Å². The topological polar surface area (TPSA) is 111 Å². The lowest BCUT2D eigenvalue weighted by molar-refractivity contribution is -0.134. The molecule has 1 saturated heterocycles. The predicted octanol–water partition coefficient (Wildman–Crippen LogP) is 2.64. The molecule has 2 aliphatic heterocycles. The number of piperidine rings is 1. The van der Waals surface area contributed by atoms with Gasteiger partial charge in [0.05, 0.1) is 30.4 Å². The Kier molecular flexibility index (Phi) is 6.88. The van der Waals surface area contributed by atoms with Crippen molar-refractivity contribution in [3.63, 3.8) is 0 Å². The van der Waals surface area contributed by atoms with E-state index < -0.39 is 10.0 Å². The number of nitrogens with two attached hydrogens (primary N) is 1. The smallest absolute Gasteiger partial charge is 0.259 e. The van der Waals surface area contributed by atoms with Gasteiger partial charge in [-0.05, 0) is 55.5 Å². The Balaban J connectivity index is 1.44. The van der Waals surface area contributed by atoms with Crippen LogP contribution in [0.3, 0.4) is 0 Å². The largest absolute Gasteiger partial charge is 0.494 e. The average Bonchev–Trinajstić information content (AvgIpc) is 2.78. The van der Waals surface area contributed by atoms with Gasteiger partial charge in [-0.1, -0.05) is 24.3 Å². The van der Waals surface area contributed by atoms with E-state index in [4.69, 9.17) is 15.2 Å². The molecular weight excluding hydrogens is 442 g/mol. The summed E-state index contributed by atoms with van der Waals surface area (Å²) in [5.41, 5.74) is 7.98. The molecule has 0 saturated carbocycles. The van der Waals surface area contributed by atoms with E-state index >= 15 is 0 Å². The summed E-state index contributed by atoms with van der Waals surface area (Å²) >= 11 is 0. The summed E-state index contributed by atoms with van der Waals surface area (Å²) in [6.07, 6.45) is 3.16. The molecule has 2 aromatic rings. The van der Waals surface area contributed by atoms with Crippen LogP contribution in [0.15, 0.2) is 46.9 Å². The lowest BCUT2D eigenvalue weighted by Gasteiger charge is -2.36. The third-order valence-corrected chi connectivity index (χ3v) is 7.06. The molecule has 33 heavy (non-hydrogen) atoms. The van der Waals surface area contributed by atoms with Gasteiger partial charge >= 0.3 is 0 Å². The first-order chi connectivity index (χ1) is 15.9. The number of benzene rings is 2. The molecule has 2 N–H and O–H groups in total. The number of ether oxygens (including phenoxy) is 2. The molecule has 0 bridgehead atoms. The Morgan fingerprint density at radius 3 is 2.70 bits per heavy atom. The predicted molar refractivity (Wildman–Crippen MR) is 126 cm³/mol. The maximum Gasteiger partial charge on any atom is 0.259 e. The second kappa shape index (κ2) is 9.82. The lowest BCUT2D eigenvalue weighted by Crippen LogP contribution is -2.47. The Morgan fingerprint density at radius 2 is 1.94 bits per heavy atom. The maximum absolute atomic E-state index is 13.1. The van der Waals surface area contributed by atoms with Gasteiger partial charge in [0.2, 0.25) is 5.91 Å². The molecule has 4 rings (SSSR count). The van der Waals surface area contributed by atoms with Gasteiger partial charge in [0.15, 0.2) is 0 Å². The van der Waals surface area contributed by atoms with Crippen LogP contribution in [0.5, 0.6) is 11.5 Å². The summed E-state index contributed by atoms with van der Waals surface area (Å²) in [5.74, 6) is 1.10. The molecule has 2 aliphatic rings. The van der Waals surface area contributed by atoms with Crippen molar-refractivity contribution in [2.24, 2.45) is 10.1 Å². The first-order valence-corrected chi connectivity index (χ1v) is 12.8. The third-order valence-electron chi connectivity index (χ3n) is 5.91. The molecular formula is C24H29N3O5S. The van der Waals surface area contributed by atoms with Crippen molar-refractivity contribution in [3.05, 3.63) is 59.2 Å². The fraction of sp³-hybridized carbons (Fsp3) is 0.417. The first-order valence-electron chi connectivity index (χ1n) is 11.2. The SMILES string of the molecule is CCOc1ccc(CC(=O)N2CCCC[C@@H]2COc2cccc3c2C(N)=NS(=O)(=O)C3)cc1. The fourth-order valence-electron chi connectivity index (χ4n) is 4.37. The molecule has 0 unspecified atom stereocenters. The van der Waals surface area contributed by atoms with E-state index in [1.807, 2.05) is 36.1 Å². The third kappa shape index (κ3) is 5.47. The Bertz CT molecular complexity index is 1150. The van der Waals surface area contributed by atoms with Gasteiger partial charge in [0.1, 0.15) is 23.9 Å². The van der Waals surface area contributed by atoms with Crippen molar-refractivity contribution in [1.82, 2.24) is 4.90 Å². The molecule has 0 radical (unpaired) electrons. The monoisotopic (exact) mass is 471 g/mol. The summed E-state index contributed by atoms with van der Waals surface area (Å²) in [4.78, 5) is 15.0. The van der Waals surface area contributed by atoms with E-state index in [0.29, 0.717) is 43.1 Å². The highest BCUT2D eigenvalue weighted by Crippen LogP contribution is 2.29. The van der Waals surface area contributed by atoms with Gasteiger partial charge in [-0.3, -0.25) is 4.79 Å². The van der Waals surface area contributed by atoms with Crippen LogP contribution in [0, 0.1) is 0 Å². The summed E-state index contributed by atoms with van der Waals surface area (Å²) < 4.78 is 39.0. The average molecular weight is 472 g/mol. The zero-order chi connectivity index (χ0) is 23.4. The number of carbonyl (C=O) groups excluding carboxylic acids is 1. The summed E-state index contributed by atoms with van der Waals surface area (Å²) in [7, 11) is -3.61. The number of amides is 1. The Morgan fingerprint density at radius 1 is 1.15 bits per heavy atom. The highest BCUT2D eigenvalue weighted by Gasteiger charge is 2.29. The number of amidine groups is 1. The standard InChI is InChI=1S/C24H29N3O5S/c1-2-31-20-11-9-17(10-12-20)14-22(28)27-13-4-3-7-19(27)15-32-21-8-5-6-18-16-33(29,30)26-24(25)23(18)21/h5-6,8-12,19H,2-4,7,13-16H2,1H3,(H2,25,26)/t19-/m1/s1. The van der Waals surface area contributed by atoms with E-state index in [1.54, 1.807) is 18.2 Å². The second-order valence-corrected chi connectivity index (χ2v) is 9.93. The number of hydrogen-bond acceptors (Lipinski definition) is 6. The fourth-order valence-corrected chi connectivity index (χ4v) is 5.46. The number of hydrogen-bond donors (Lipinski definition) is 1. The minimum absolute atomic E-state index is 0.0565. The van der Waals surface area contributed by atoms with Crippen LogP contribution >= 0.6 is 0 Å². The molecule has 1 fully saturated rings.